The molecule has 0 saturated carbocycles. The Kier molecular flexibility index (Phi) is 5.67. The molecule has 0 fully saturated rings. The van der Waals surface area contributed by atoms with Gasteiger partial charge in [0.25, 0.3) is 0 Å². The summed E-state index contributed by atoms with van der Waals surface area (Å²) in [6, 6.07) is 42.4. The van der Waals surface area contributed by atoms with Crippen molar-refractivity contribution < 1.29 is 21.2 Å². The molecule has 0 aliphatic heterocycles. The van der Waals surface area contributed by atoms with Crippen LogP contribution in [0.1, 0.15) is 12.3 Å². The van der Waals surface area contributed by atoms with Crippen LogP contribution in [0.15, 0.2) is 209 Å². The molecular weight excluding hydrogens is 787 g/mol. The number of rotatable bonds is 5. The standard InChI is InChI=1S/C57H33N5O2/c1-2-16-34(17-3-1)55-58-56(40-23-13-32-49-51(40)38-21-7-11-31-48(38)63-49)60-57(59-55)41-24-14-33-50-52(41)39-22-12-30-47(54(39)64-50)62-44-27-10-6-20-37(44)53-45(28-15-29-46(53)62)61-42-25-8-4-18-35(42)36-19-5-9-26-43(36)61/h1-33H/i4D,5D,8D,9D,18D,19D,25D,26D,27D. The summed E-state index contributed by atoms with van der Waals surface area (Å²) in [7, 11) is 0. The predicted octanol–water partition coefficient (Wildman–Crippen LogP) is 14.9. The normalized spacial score (nSPS) is 14.0. The molecule has 298 valence electrons. The van der Waals surface area contributed by atoms with Crippen LogP contribution in [0, 0.1) is 0 Å². The molecule has 0 amide bonds. The molecule has 0 bridgehead atoms. The maximum absolute atomic E-state index is 9.46. The van der Waals surface area contributed by atoms with Gasteiger partial charge in [0.1, 0.15) is 16.7 Å². The van der Waals surface area contributed by atoms with Crippen LogP contribution in [0.2, 0.25) is 0 Å². The zero-order valence-electron chi connectivity index (χ0n) is 42.4. The molecule has 14 aromatic rings. The Morgan fingerprint density at radius 2 is 0.906 bits per heavy atom. The van der Waals surface area contributed by atoms with Crippen molar-refractivity contribution in [3.63, 3.8) is 0 Å². The fourth-order valence-electron chi connectivity index (χ4n) is 9.51. The van der Waals surface area contributed by atoms with Crippen molar-refractivity contribution in [1.29, 1.82) is 0 Å². The smallest absolute Gasteiger partial charge is 0.164 e. The summed E-state index contributed by atoms with van der Waals surface area (Å²) in [5.74, 6) is 1.36. The molecule has 5 aromatic heterocycles. The van der Waals surface area contributed by atoms with Crippen LogP contribution >= 0.6 is 0 Å². The minimum Gasteiger partial charge on any atom is -0.456 e. The Balaban J connectivity index is 1.04. The zero-order chi connectivity index (χ0) is 49.7. The molecule has 0 unspecified atom stereocenters. The lowest BCUT2D eigenvalue weighted by Gasteiger charge is -2.12. The monoisotopic (exact) mass is 828 g/mol. The number of fused-ring (bicyclic) bond motifs is 12. The Morgan fingerprint density at radius 1 is 0.359 bits per heavy atom. The Labute approximate surface area is 377 Å². The van der Waals surface area contributed by atoms with E-state index in [0.29, 0.717) is 73.0 Å². The van der Waals surface area contributed by atoms with E-state index in [1.807, 2.05) is 126 Å². The van der Waals surface area contributed by atoms with Gasteiger partial charge in [-0.15, -0.1) is 0 Å². The van der Waals surface area contributed by atoms with Crippen LogP contribution in [0.4, 0.5) is 0 Å². The van der Waals surface area contributed by atoms with E-state index in [2.05, 4.69) is 0 Å². The van der Waals surface area contributed by atoms with Crippen molar-refractivity contribution in [3.8, 4) is 45.5 Å². The Bertz CT molecular complexity index is 4680. The van der Waals surface area contributed by atoms with E-state index in [-0.39, 0.29) is 27.8 Å². The second kappa shape index (κ2) is 13.3. The highest BCUT2D eigenvalue weighted by Crippen LogP contribution is 2.44. The summed E-state index contributed by atoms with van der Waals surface area (Å²) in [4.78, 5) is 15.5. The molecule has 0 saturated heterocycles. The van der Waals surface area contributed by atoms with Crippen LogP contribution in [0.25, 0.3) is 133 Å². The lowest BCUT2D eigenvalue weighted by Crippen LogP contribution is -2.00. The minimum atomic E-state index is -0.520. The van der Waals surface area contributed by atoms with Gasteiger partial charge in [-0.2, -0.15) is 0 Å². The lowest BCUT2D eigenvalue weighted by molar-refractivity contribution is 0.666. The average Bonchev–Trinajstić information content (AvgIpc) is 4.19. The first kappa shape index (κ1) is 27.2. The highest BCUT2D eigenvalue weighted by atomic mass is 16.3. The van der Waals surface area contributed by atoms with Gasteiger partial charge in [0.2, 0.25) is 0 Å². The van der Waals surface area contributed by atoms with Crippen LogP contribution < -0.4 is 0 Å². The Morgan fingerprint density at radius 3 is 1.69 bits per heavy atom. The van der Waals surface area contributed by atoms with Crippen molar-refractivity contribution in [2.75, 3.05) is 0 Å². The first-order valence-electron chi connectivity index (χ1n) is 25.2. The van der Waals surface area contributed by atoms with Crippen LogP contribution in [-0.4, -0.2) is 24.1 Å². The third kappa shape index (κ3) is 4.94. The van der Waals surface area contributed by atoms with Crippen LogP contribution in [0.5, 0.6) is 0 Å². The molecule has 7 nitrogen and oxygen atoms in total. The summed E-state index contributed by atoms with van der Waals surface area (Å²) in [5, 5.41) is 4.48. The number of benzene rings is 9. The van der Waals surface area contributed by atoms with Gasteiger partial charge in [-0.25, -0.2) is 15.0 Å². The quantitative estimate of drug-likeness (QED) is 0.173. The van der Waals surface area contributed by atoms with Gasteiger partial charge in [-0.05, 0) is 54.5 Å². The molecule has 5 heterocycles. The first-order chi connectivity index (χ1) is 35.5. The maximum atomic E-state index is 9.46. The zero-order valence-corrected chi connectivity index (χ0v) is 33.4. The van der Waals surface area contributed by atoms with Gasteiger partial charge in [0.05, 0.1) is 45.8 Å². The van der Waals surface area contributed by atoms with Gasteiger partial charge in [0, 0.05) is 59.8 Å². The van der Waals surface area contributed by atoms with Crippen molar-refractivity contribution >= 4 is 87.5 Å². The largest absolute Gasteiger partial charge is 0.456 e. The molecule has 9 aromatic carbocycles. The first-order valence-corrected chi connectivity index (χ1v) is 20.7. The van der Waals surface area contributed by atoms with Gasteiger partial charge in [0.15, 0.2) is 23.1 Å². The van der Waals surface area contributed by atoms with Crippen molar-refractivity contribution in [2.45, 2.75) is 0 Å². The minimum absolute atomic E-state index is 0.00190. The van der Waals surface area contributed by atoms with Crippen molar-refractivity contribution in [1.82, 2.24) is 24.1 Å². The molecule has 0 aliphatic rings. The molecule has 7 heteroatoms. The maximum Gasteiger partial charge on any atom is 0.164 e. The van der Waals surface area contributed by atoms with Crippen LogP contribution in [0.3, 0.4) is 0 Å². The Hall–Kier alpha value is -8.81. The third-order valence-electron chi connectivity index (χ3n) is 12.2. The number of aromatic nitrogens is 5. The highest BCUT2D eigenvalue weighted by molar-refractivity contribution is 6.19. The molecular formula is C57H33N5O2. The molecule has 0 N–H and O–H groups in total. The van der Waals surface area contributed by atoms with Gasteiger partial charge in [-0.3, -0.25) is 0 Å². The SMILES string of the molecule is [2H]c1c([2H])c([2H])c2c(c1[2H])c1c([2H])c([2H])c([2H])c([2H])c1n2-c1cccc2c1c1cccc([2H])c1n2-c1cccc2c1oc1cccc(-c3nc(-c4ccccc4)nc(-c4cccc5oc6ccccc6c45)n3)c12. The number of para-hydroxylation sites is 5. The summed E-state index contributed by atoms with van der Waals surface area (Å²) in [6.45, 7) is 0. The summed E-state index contributed by atoms with van der Waals surface area (Å²) in [5.41, 5.74) is 6.93. The molecule has 0 atom stereocenters. The predicted molar refractivity (Wildman–Crippen MR) is 259 cm³/mol. The number of nitrogens with zero attached hydrogens (tertiary/aromatic N) is 5. The number of hydrogen-bond acceptors (Lipinski definition) is 5. The van der Waals surface area contributed by atoms with E-state index in [4.69, 9.17) is 32.0 Å². The third-order valence-corrected chi connectivity index (χ3v) is 12.2. The number of furan rings is 2. The van der Waals surface area contributed by atoms with Crippen molar-refractivity contribution in [3.05, 3.63) is 200 Å². The van der Waals surface area contributed by atoms with E-state index in [9.17, 15) is 4.11 Å². The summed E-state index contributed by atoms with van der Waals surface area (Å²) in [6.07, 6.45) is 0. The van der Waals surface area contributed by atoms with Crippen molar-refractivity contribution in [2.24, 2.45) is 0 Å². The van der Waals surface area contributed by atoms with Gasteiger partial charge in [-0.1, -0.05) is 145 Å². The average molecular weight is 829 g/mol. The molecule has 14 rings (SSSR count). The fourth-order valence-corrected chi connectivity index (χ4v) is 9.51. The molecule has 0 radical (unpaired) electrons. The molecule has 0 aliphatic carbocycles. The second-order valence-corrected chi connectivity index (χ2v) is 15.6. The van der Waals surface area contributed by atoms with E-state index in [1.54, 1.807) is 24.3 Å². The molecule has 64 heavy (non-hydrogen) atoms. The summed E-state index contributed by atoms with van der Waals surface area (Å²) >= 11 is 0. The van der Waals surface area contributed by atoms with E-state index >= 15 is 0 Å². The van der Waals surface area contributed by atoms with Gasteiger partial charge < -0.3 is 18.0 Å². The highest BCUT2D eigenvalue weighted by Gasteiger charge is 2.24. The van der Waals surface area contributed by atoms with E-state index in [1.165, 1.54) is 4.57 Å². The van der Waals surface area contributed by atoms with E-state index in [0.717, 1.165) is 38.3 Å². The fraction of sp³-hybridized carbons (Fsp3) is 0. The van der Waals surface area contributed by atoms with Crippen LogP contribution in [-0.2, 0) is 0 Å². The van der Waals surface area contributed by atoms with Gasteiger partial charge >= 0.3 is 0 Å². The van der Waals surface area contributed by atoms with E-state index < -0.39 is 48.3 Å². The second-order valence-electron chi connectivity index (χ2n) is 15.6. The summed E-state index contributed by atoms with van der Waals surface area (Å²) < 4.78 is 97.4. The molecule has 0 spiro atoms. The lowest BCUT2D eigenvalue weighted by atomic mass is 10.0. The number of hydrogen-bond donors (Lipinski definition) is 0. The topological polar surface area (TPSA) is 74.8 Å².